The maximum atomic E-state index is 11.1. The van der Waals surface area contributed by atoms with Gasteiger partial charge in [0.05, 0.1) is 0 Å². The summed E-state index contributed by atoms with van der Waals surface area (Å²) in [6, 6.07) is 0.216. The number of aliphatic carboxylic acids is 1. The van der Waals surface area contributed by atoms with Crippen molar-refractivity contribution in [3.05, 3.63) is 11.8 Å². The number of carbonyl (C=O) groups is 2. The zero-order valence-corrected chi connectivity index (χ0v) is 10.7. The highest BCUT2D eigenvalue weighted by Gasteiger charge is 2.16. The fraction of sp³-hybridized carbons (Fsp3) is 0.667. The average Bonchev–Trinajstić information content (AvgIpc) is 2.11. The zero-order valence-electron chi connectivity index (χ0n) is 10.7. The molecular formula is C12H21NO3. The molecule has 0 aromatic rings. The third-order valence-electron chi connectivity index (χ3n) is 2.45. The maximum absolute atomic E-state index is 11.1. The van der Waals surface area contributed by atoms with Gasteiger partial charge >= 0.3 is 5.97 Å². The van der Waals surface area contributed by atoms with Crippen LogP contribution in [0.15, 0.2) is 11.8 Å². The van der Waals surface area contributed by atoms with E-state index in [4.69, 9.17) is 5.11 Å². The number of Topliss-reactive ketones (excluding diaryl/α,β-unsaturated/α-hetero) is 1. The van der Waals surface area contributed by atoms with Gasteiger partial charge in [0.2, 0.25) is 0 Å². The van der Waals surface area contributed by atoms with Crippen LogP contribution in [-0.4, -0.2) is 34.8 Å². The summed E-state index contributed by atoms with van der Waals surface area (Å²) < 4.78 is 0. The lowest BCUT2D eigenvalue weighted by atomic mass is 10.0. The van der Waals surface area contributed by atoms with Crippen LogP contribution in [0.1, 0.15) is 34.1 Å². The molecule has 1 N–H and O–H groups in total. The Labute approximate surface area is 96.9 Å². The number of ketones is 1. The standard InChI is InChI=1S/C12H21NO3/c1-8(2)6-9(3)13(5)7-11(10(4)14)12(15)16/h7-9H,6H2,1-5H3,(H,15,16). The first-order valence-corrected chi connectivity index (χ1v) is 5.43. The van der Waals surface area contributed by atoms with Crippen LogP contribution in [-0.2, 0) is 9.59 Å². The first-order valence-electron chi connectivity index (χ1n) is 5.43. The van der Waals surface area contributed by atoms with Gasteiger partial charge in [-0.25, -0.2) is 4.79 Å². The molecule has 0 rings (SSSR count). The minimum atomic E-state index is -1.17. The van der Waals surface area contributed by atoms with Crippen LogP contribution in [0.5, 0.6) is 0 Å². The summed E-state index contributed by atoms with van der Waals surface area (Å²) in [4.78, 5) is 23.7. The van der Waals surface area contributed by atoms with E-state index in [1.54, 1.807) is 11.9 Å². The lowest BCUT2D eigenvalue weighted by Crippen LogP contribution is -2.27. The van der Waals surface area contributed by atoms with Gasteiger partial charge in [-0.2, -0.15) is 0 Å². The Kier molecular flexibility index (Phi) is 5.78. The van der Waals surface area contributed by atoms with Crippen molar-refractivity contribution in [2.75, 3.05) is 7.05 Å². The first-order chi connectivity index (χ1) is 7.25. The van der Waals surface area contributed by atoms with Gasteiger partial charge in [0.25, 0.3) is 0 Å². The monoisotopic (exact) mass is 227 g/mol. The van der Waals surface area contributed by atoms with Gasteiger partial charge in [-0.3, -0.25) is 4.79 Å². The average molecular weight is 227 g/mol. The van der Waals surface area contributed by atoms with Crippen LogP contribution in [0.2, 0.25) is 0 Å². The number of rotatable bonds is 6. The van der Waals surface area contributed by atoms with E-state index in [9.17, 15) is 9.59 Å². The molecule has 0 radical (unpaired) electrons. The number of carboxylic acids is 1. The van der Waals surface area contributed by atoms with E-state index in [2.05, 4.69) is 13.8 Å². The summed E-state index contributed by atoms with van der Waals surface area (Å²) in [6.07, 6.45) is 2.37. The van der Waals surface area contributed by atoms with Crippen molar-refractivity contribution in [1.82, 2.24) is 4.90 Å². The second kappa shape index (κ2) is 6.30. The molecule has 1 unspecified atom stereocenters. The molecule has 0 fully saturated rings. The highest BCUT2D eigenvalue weighted by atomic mass is 16.4. The van der Waals surface area contributed by atoms with E-state index in [0.717, 1.165) is 6.42 Å². The van der Waals surface area contributed by atoms with Crippen molar-refractivity contribution >= 4 is 11.8 Å². The van der Waals surface area contributed by atoms with Crippen molar-refractivity contribution in [2.45, 2.75) is 40.2 Å². The third kappa shape index (κ3) is 4.96. The van der Waals surface area contributed by atoms with Crippen molar-refractivity contribution in [2.24, 2.45) is 5.92 Å². The van der Waals surface area contributed by atoms with Gasteiger partial charge in [0, 0.05) is 19.3 Å². The molecule has 0 saturated heterocycles. The zero-order chi connectivity index (χ0) is 12.9. The second-order valence-electron chi connectivity index (χ2n) is 4.55. The molecule has 0 aliphatic carbocycles. The number of carboxylic acid groups (broad SMARTS) is 1. The summed E-state index contributed by atoms with van der Waals surface area (Å²) in [5.74, 6) is -1.05. The van der Waals surface area contributed by atoms with Crippen LogP contribution in [0.25, 0.3) is 0 Å². The van der Waals surface area contributed by atoms with Gasteiger partial charge < -0.3 is 10.0 Å². The summed E-state index contributed by atoms with van der Waals surface area (Å²) >= 11 is 0. The van der Waals surface area contributed by atoms with Gasteiger partial charge in [-0.05, 0) is 26.2 Å². The van der Waals surface area contributed by atoms with E-state index >= 15 is 0 Å². The molecule has 0 aliphatic rings. The Morgan fingerprint density at radius 3 is 2.12 bits per heavy atom. The van der Waals surface area contributed by atoms with Crippen LogP contribution in [0.3, 0.4) is 0 Å². The topological polar surface area (TPSA) is 57.6 Å². The Bertz CT molecular complexity index is 279. The predicted octanol–water partition coefficient (Wildman–Crippen LogP) is 1.91. The molecule has 16 heavy (non-hydrogen) atoms. The first kappa shape index (κ1) is 14.7. The molecule has 0 aromatic heterocycles. The Morgan fingerprint density at radius 1 is 1.31 bits per heavy atom. The van der Waals surface area contributed by atoms with Crippen molar-refractivity contribution in [1.29, 1.82) is 0 Å². The normalized spacial score (nSPS) is 13.8. The van der Waals surface area contributed by atoms with Crippen molar-refractivity contribution < 1.29 is 14.7 Å². The number of hydrogen-bond donors (Lipinski definition) is 1. The van der Waals surface area contributed by atoms with Crippen LogP contribution in [0, 0.1) is 5.92 Å². The molecule has 0 bridgehead atoms. The summed E-state index contributed by atoms with van der Waals surface area (Å²) in [5, 5.41) is 8.84. The second-order valence-corrected chi connectivity index (χ2v) is 4.55. The maximum Gasteiger partial charge on any atom is 0.340 e. The Hall–Kier alpha value is -1.32. The third-order valence-corrected chi connectivity index (χ3v) is 2.45. The van der Waals surface area contributed by atoms with E-state index in [-0.39, 0.29) is 11.6 Å². The fourth-order valence-electron chi connectivity index (χ4n) is 1.48. The molecule has 0 aliphatic heterocycles. The van der Waals surface area contributed by atoms with E-state index in [1.807, 2.05) is 6.92 Å². The molecule has 4 nitrogen and oxygen atoms in total. The van der Waals surface area contributed by atoms with E-state index in [0.29, 0.717) is 5.92 Å². The minimum absolute atomic E-state index is 0.168. The SMILES string of the molecule is CC(=O)C(=CN(C)C(C)CC(C)C)C(=O)O. The minimum Gasteiger partial charge on any atom is -0.478 e. The molecule has 92 valence electrons. The fourth-order valence-corrected chi connectivity index (χ4v) is 1.48. The lowest BCUT2D eigenvalue weighted by Gasteiger charge is -2.25. The molecule has 0 heterocycles. The highest BCUT2D eigenvalue weighted by molar-refractivity contribution is 6.15. The quantitative estimate of drug-likeness (QED) is 0.428. The summed E-state index contributed by atoms with van der Waals surface area (Å²) in [5.41, 5.74) is -0.168. The molecule has 0 saturated carbocycles. The molecule has 0 spiro atoms. The van der Waals surface area contributed by atoms with Crippen LogP contribution < -0.4 is 0 Å². The van der Waals surface area contributed by atoms with Gasteiger partial charge in [-0.1, -0.05) is 13.8 Å². The summed E-state index contributed by atoms with van der Waals surface area (Å²) in [7, 11) is 1.79. The number of carbonyl (C=O) groups excluding carboxylic acids is 1. The van der Waals surface area contributed by atoms with Gasteiger partial charge in [-0.15, -0.1) is 0 Å². The molecule has 0 aromatic carbocycles. The summed E-state index contributed by atoms with van der Waals surface area (Å²) in [6.45, 7) is 7.49. The highest BCUT2D eigenvalue weighted by Crippen LogP contribution is 2.11. The van der Waals surface area contributed by atoms with Crippen LogP contribution >= 0.6 is 0 Å². The van der Waals surface area contributed by atoms with Gasteiger partial charge in [0.1, 0.15) is 5.57 Å². The number of nitrogens with zero attached hydrogens (tertiary/aromatic N) is 1. The molecular weight excluding hydrogens is 206 g/mol. The number of hydrogen-bond acceptors (Lipinski definition) is 3. The largest absolute Gasteiger partial charge is 0.478 e. The van der Waals surface area contributed by atoms with Gasteiger partial charge in [0.15, 0.2) is 5.78 Å². The molecule has 0 amide bonds. The Morgan fingerprint density at radius 2 is 1.81 bits per heavy atom. The molecule has 1 atom stereocenters. The predicted molar refractivity (Wildman–Crippen MR) is 63.1 cm³/mol. The lowest BCUT2D eigenvalue weighted by molar-refractivity contribution is -0.134. The van der Waals surface area contributed by atoms with Crippen molar-refractivity contribution in [3.8, 4) is 0 Å². The van der Waals surface area contributed by atoms with Crippen molar-refractivity contribution in [3.63, 3.8) is 0 Å². The van der Waals surface area contributed by atoms with Crippen LogP contribution in [0.4, 0.5) is 0 Å². The van der Waals surface area contributed by atoms with E-state index < -0.39 is 11.8 Å². The van der Waals surface area contributed by atoms with E-state index in [1.165, 1.54) is 13.1 Å². The Balaban J connectivity index is 4.71. The molecule has 4 heteroatoms. The smallest absolute Gasteiger partial charge is 0.340 e.